The van der Waals surface area contributed by atoms with Gasteiger partial charge in [-0.05, 0) is 31.6 Å². The summed E-state index contributed by atoms with van der Waals surface area (Å²) in [6.45, 7) is 13.7. The molecular formula is C15H30O4. The van der Waals surface area contributed by atoms with Gasteiger partial charge < -0.3 is 14.2 Å². The van der Waals surface area contributed by atoms with Gasteiger partial charge in [0.25, 0.3) is 0 Å². The smallest absolute Gasteiger partial charge is 0.308 e. The van der Waals surface area contributed by atoms with Crippen molar-refractivity contribution in [3.63, 3.8) is 0 Å². The molecular weight excluding hydrogens is 244 g/mol. The number of carbonyl (C=O) groups excluding carboxylic acids is 1. The molecule has 4 heteroatoms. The van der Waals surface area contributed by atoms with Gasteiger partial charge in [-0.25, -0.2) is 0 Å². The van der Waals surface area contributed by atoms with Crippen molar-refractivity contribution < 1.29 is 19.0 Å². The Bertz CT molecular complexity index is 245. The summed E-state index contributed by atoms with van der Waals surface area (Å²) < 4.78 is 15.9. The molecule has 0 heterocycles. The molecule has 0 aliphatic heterocycles. The molecule has 0 radical (unpaired) electrons. The topological polar surface area (TPSA) is 44.8 Å². The van der Waals surface area contributed by atoms with Crippen LogP contribution in [0.2, 0.25) is 0 Å². The van der Waals surface area contributed by atoms with Gasteiger partial charge in [0.05, 0.1) is 0 Å². The number of hydrogen-bond donors (Lipinski definition) is 0. The Morgan fingerprint density at radius 2 is 1.79 bits per heavy atom. The molecule has 0 N–H and O–H groups in total. The van der Waals surface area contributed by atoms with Gasteiger partial charge in [0.15, 0.2) is 0 Å². The molecule has 0 spiro atoms. The summed E-state index contributed by atoms with van der Waals surface area (Å²) in [5.74, 6) is 0.0942. The molecule has 114 valence electrons. The molecule has 0 bridgehead atoms. The van der Waals surface area contributed by atoms with Crippen molar-refractivity contribution >= 4 is 5.97 Å². The molecule has 19 heavy (non-hydrogen) atoms. The van der Waals surface area contributed by atoms with Gasteiger partial charge in [-0.3, -0.25) is 4.79 Å². The molecule has 0 aromatic carbocycles. The lowest BCUT2D eigenvalue weighted by atomic mass is 9.84. The van der Waals surface area contributed by atoms with Crippen LogP contribution in [0.25, 0.3) is 0 Å². The Labute approximate surface area is 117 Å². The minimum Gasteiger partial charge on any atom is -0.433 e. The van der Waals surface area contributed by atoms with E-state index in [0.29, 0.717) is 32.2 Å². The van der Waals surface area contributed by atoms with Gasteiger partial charge in [-0.15, -0.1) is 0 Å². The van der Waals surface area contributed by atoms with Crippen LogP contribution in [0.3, 0.4) is 0 Å². The summed E-state index contributed by atoms with van der Waals surface area (Å²) in [5, 5.41) is 0. The van der Waals surface area contributed by atoms with E-state index in [1.807, 2.05) is 13.8 Å². The predicted molar refractivity (Wildman–Crippen MR) is 75.9 cm³/mol. The molecule has 0 rings (SSSR count). The lowest BCUT2D eigenvalue weighted by molar-refractivity contribution is -0.190. The second-order valence-electron chi connectivity index (χ2n) is 6.11. The van der Waals surface area contributed by atoms with Crippen LogP contribution < -0.4 is 0 Å². The van der Waals surface area contributed by atoms with Crippen LogP contribution in [0.15, 0.2) is 0 Å². The molecule has 0 aromatic rings. The van der Waals surface area contributed by atoms with E-state index in [9.17, 15) is 4.79 Å². The van der Waals surface area contributed by atoms with Gasteiger partial charge >= 0.3 is 5.97 Å². The van der Waals surface area contributed by atoms with Crippen molar-refractivity contribution in [3.8, 4) is 0 Å². The first-order valence-corrected chi connectivity index (χ1v) is 7.17. The molecule has 0 aliphatic rings. The van der Waals surface area contributed by atoms with E-state index in [2.05, 4.69) is 27.7 Å². The minimum atomic E-state index is -0.584. The maximum absolute atomic E-state index is 11.8. The van der Waals surface area contributed by atoms with Crippen LogP contribution >= 0.6 is 0 Å². The van der Waals surface area contributed by atoms with Gasteiger partial charge in [0.1, 0.15) is 6.61 Å². The maximum atomic E-state index is 11.8. The molecule has 0 aliphatic carbocycles. The zero-order valence-corrected chi connectivity index (χ0v) is 13.3. The Morgan fingerprint density at radius 3 is 2.26 bits per heavy atom. The van der Waals surface area contributed by atoms with Gasteiger partial charge in [-0.1, -0.05) is 27.7 Å². The van der Waals surface area contributed by atoms with Crippen molar-refractivity contribution in [2.75, 3.05) is 19.8 Å². The Morgan fingerprint density at radius 1 is 1.16 bits per heavy atom. The average Bonchev–Trinajstić information content (AvgIpc) is 2.23. The highest BCUT2D eigenvalue weighted by Crippen LogP contribution is 2.26. The quantitative estimate of drug-likeness (QED) is 0.477. The predicted octanol–water partition coefficient (Wildman–Crippen LogP) is 3.39. The van der Waals surface area contributed by atoms with Crippen LogP contribution in [-0.2, 0) is 19.0 Å². The fraction of sp³-hybridized carbons (Fsp3) is 0.933. The van der Waals surface area contributed by atoms with Gasteiger partial charge in [0, 0.05) is 19.6 Å². The number of carbonyl (C=O) groups is 1. The van der Waals surface area contributed by atoms with E-state index in [-0.39, 0.29) is 11.4 Å². The van der Waals surface area contributed by atoms with E-state index in [4.69, 9.17) is 14.2 Å². The van der Waals surface area contributed by atoms with E-state index in [0.717, 1.165) is 6.42 Å². The molecule has 0 saturated carbocycles. The first-order chi connectivity index (χ1) is 8.78. The van der Waals surface area contributed by atoms with Crippen molar-refractivity contribution in [2.24, 2.45) is 11.3 Å². The molecule has 2 atom stereocenters. The highest BCUT2D eigenvalue weighted by Gasteiger charge is 2.20. The third-order valence-electron chi connectivity index (χ3n) is 2.55. The third-order valence-corrected chi connectivity index (χ3v) is 2.55. The summed E-state index contributed by atoms with van der Waals surface area (Å²) in [4.78, 5) is 11.8. The Balaban J connectivity index is 4.10. The number of rotatable bonds is 9. The average molecular weight is 274 g/mol. The van der Waals surface area contributed by atoms with Gasteiger partial charge in [-0.2, -0.15) is 0 Å². The van der Waals surface area contributed by atoms with Crippen LogP contribution in [-0.4, -0.2) is 32.1 Å². The maximum Gasteiger partial charge on any atom is 0.308 e. The fourth-order valence-electron chi connectivity index (χ4n) is 2.11. The van der Waals surface area contributed by atoms with Gasteiger partial charge in [0.2, 0.25) is 6.29 Å². The first kappa shape index (κ1) is 18.4. The van der Waals surface area contributed by atoms with Crippen molar-refractivity contribution in [2.45, 2.75) is 60.7 Å². The molecule has 0 fully saturated rings. The molecule has 0 saturated heterocycles. The summed E-state index contributed by atoms with van der Waals surface area (Å²) in [5.41, 5.74) is 0.227. The summed E-state index contributed by atoms with van der Waals surface area (Å²) in [6.07, 6.45) is 0.833. The largest absolute Gasteiger partial charge is 0.433 e. The molecule has 0 amide bonds. The van der Waals surface area contributed by atoms with Crippen LogP contribution in [0.1, 0.15) is 54.4 Å². The normalized spacial score (nSPS) is 15.1. The Hall–Kier alpha value is -0.610. The van der Waals surface area contributed by atoms with Crippen LogP contribution in [0.5, 0.6) is 0 Å². The monoisotopic (exact) mass is 274 g/mol. The van der Waals surface area contributed by atoms with Crippen molar-refractivity contribution in [1.82, 2.24) is 0 Å². The third kappa shape index (κ3) is 11.0. The highest BCUT2D eigenvalue weighted by atomic mass is 16.7. The molecule has 2 unspecified atom stereocenters. The number of hydrogen-bond acceptors (Lipinski definition) is 4. The number of esters is 1. The molecule has 0 aromatic heterocycles. The van der Waals surface area contributed by atoms with E-state index < -0.39 is 6.29 Å². The van der Waals surface area contributed by atoms with Crippen molar-refractivity contribution in [1.29, 1.82) is 0 Å². The van der Waals surface area contributed by atoms with Crippen LogP contribution in [0, 0.1) is 11.3 Å². The first-order valence-electron chi connectivity index (χ1n) is 7.17. The zero-order valence-electron chi connectivity index (χ0n) is 13.3. The lowest BCUT2D eigenvalue weighted by Crippen LogP contribution is -2.27. The van der Waals surface area contributed by atoms with E-state index >= 15 is 0 Å². The molecule has 4 nitrogen and oxygen atoms in total. The van der Waals surface area contributed by atoms with E-state index in [1.54, 1.807) is 0 Å². The number of ether oxygens (including phenoxy) is 3. The fourth-order valence-corrected chi connectivity index (χ4v) is 2.11. The summed E-state index contributed by atoms with van der Waals surface area (Å²) in [6, 6.07) is 0. The second kappa shape index (κ2) is 9.32. The SMILES string of the molecule is CCOCC(OCC)OC(=O)CC(C)CC(C)(C)C. The zero-order chi connectivity index (χ0) is 14.9. The van der Waals surface area contributed by atoms with Crippen LogP contribution in [0.4, 0.5) is 0 Å². The summed E-state index contributed by atoms with van der Waals surface area (Å²) >= 11 is 0. The minimum absolute atomic E-state index is 0.213. The highest BCUT2D eigenvalue weighted by molar-refractivity contribution is 5.69. The van der Waals surface area contributed by atoms with Crippen molar-refractivity contribution in [3.05, 3.63) is 0 Å². The second-order valence-corrected chi connectivity index (χ2v) is 6.11. The Kier molecular flexibility index (Phi) is 9.02. The standard InChI is InChI=1S/C15H30O4/c1-7-17-11-14(18-8-2)19-13(16)9-12(3)10-15(4,5)6/h12,14H,7-11H2,1-6H3. The van der Waals surface area contributed by atoms with E-state index in [1.165, 1.54) is 0 Å². The summed E-state index contributed by atoms with van der Waals surface area (Å²) in [7, 11) is 0. The lowest BCUT2D eigenvalue weighted by Gasteiger charge is -2.23.